The van der Waals surface area contributed by atoms with E-state index in [0.717, 1.165) is 0 Å². The molecule has 0 atom stereocenters. The molecule has 0 spiro atoms. The Morgan fingerprint density at radius 2 is 0.898 bits per heavy atom. The van der Waals surface area contributed by atoms with Gasteiger partial charge in [-0.3, -0.25) is 0 Å². The van der Waals surface area contributed by atoms with E-state index in [9.17, 15) is 0 Å². The predicted molar refractivity (Wildman–Crippen MR) is 222 cm³/mol. The highest BCUT2D eigenvalue weighted by Crippen LogP contribution is 2.24. The summed E-state index contributed by atoms with van der Waals surface area (Å²) in [7, 11) is 0. The number of rotatable bonds is 16. The Kier molecular flexibility index (Phi) is 21.9. The minimum absolute atomic E-state index is 1.19. The lowest BCUT2D eigenvalue weighted by Gasteiger charge is -2.19. The monoisotopic (exact) mass is 655 g/mol. The molecule has 4 aromatic carbocycles. The Labute approximate surface area is 302 Å². The van der Waals surface area contributed by atoms with Crippen molar-refractivity contribution in [3.05, 3.63) is 161 Å². The van der Waals surface area contributed by atoms with E-state index in [1.807, 2.05) is 30.4 Å². The Balaban J connectivity index is 0.000000230. The molecule has 0 heterocycles. The average Bonchev–Trinajstić information content (AvgIpc) is 3.13. The molecule has 1 aliphatic rings. The summed E-state index contributed by atoms with van der Waals surface area (Å²) in [6, 6.07) is 32.6. The van der Waals surface area contributed by atoms with Crippen LogP contribution in [0.3, 0.4) is 0 Å². The molecule has 0 radical (unpaired) electrons. The fourth-order valence-corrected chi connectivity index (χ4v) is 5.84. The average molecular weight is 655 g/mol. The van der Waals surface area contributed by atoms with Crippen LogP contribution in [0.1, 0.15) is 135 Å². The summed E-state index contributed by atoms with van der Waals surface area (Å²) < 4.78 is 0. The van der Waals surface area contributed by atoms with Crippen LogP contribution in [0.5, 0.6) is 0 Å². The van der Waals surface area contributed by atoms with Gasteiger partial charge in [-0.25, -0.2) is 0 Å². The zero-order valence-electron chi connectivity index (χ0n) is 31.6. The van der Waals surface area contributed by atoms with E-state index >= 15 is 0 Å². The maximum absolute atomic E-state index is 3.78. The summed E-state index contributed by atoms with van der Waals surface area (Å²) >= 11 is 0. The van der Waals surface area contributed by atoms with Gasteiger partial charge in [-0.15, -0.1) is 0 Å². The van der Waals surface area contributed by atoms with E-state index in [0.29, 0.717) is 0 Å². The van der Waals surface area contributed by atoms with Crippen LogP contribution in [0, 0.1) is 6.92 Å². The third-order valence-corrected chi connectivity index (χ3v) is 9.04. The van der Waals surface area contributed by atoms with Crippen LogP contribution in [-0.4, -0.2) is 0 Å². The lowest BCUT2D eigenvalue weighted by Crippen LogP contribution is -2.08. The molecule has 0 fully saturated rings. The molecule has 0 N–H and O–H groups in total. The van der Waals surface area contributed by atoms with Crippen molar-refractivity contribution < 1.29 is 0 Å². The highest BCUT2D eigenvalue weighted by atomic mass is 14.2. The van der Waals surface area contributed by atoms with E-state index in [1.165, 1.54) is 130 Å². The Morgan fingerprint density at radius 3 is 1.31 bits per heavy atom. The molecule has 0 saturated heterocycles. The van der Waals surface area contributed by atoms with Crippen molar-refractivity contribution in [1.82, 2.24) is 0 Å². The molecule has 0 bridgehead atoms. The van der Waals surface area contributed by atoms with E-state index in [2.05, 4.69) is 126 Å². The van der Waals surface area contributed by atoms with Gasteiger partial charge < -0.3 is 0 Å². The zero-order valence-corrected chi connectivity index (χ0v) is 31.6. The molecule has 262 valence electrons. The molecule has 5 rings (SSSR count). The molecule has 0 amide bonds. The second-order valence-corrected chi connectivity index (χ2v) is 13.3. The highest BCUT2D eigenvalue weighted by molar-refractivity contribution is 5.49. The summed E-state index contributed by atoms with van der Waals surface area (Å²) in [6.45, 7) is 20.0. The third-order valence-electron chi connectivity index (χ3n) is 9.04. The summed E-state index contributed by atoms with van der Waals surface area (Å²) in [5.74, 6) is 0. The Morgan fingerprint density at radius 1 is 0.449 bits per heavy atom. The van der Waals surface area contributed by atoms with Crippen molar-refractivity contribution >= 4 is 18.2 Å². The number of aryl methyl sites for hydroxylation is 6. The van der Waals surface area contributed by atoms with Gasteiger partial charge in [0.2, 0.25) is 0 Å². The van der Waals surface area contributed by atoms with Crippen LogP contribution in [0.25, 0.3) is 18.2 Å². The number of hydrogen-bond acceptors (Lipinski definition) is 0. The quantitative estimate of drug-likeness (QED) is 0.105. The lowest BCUT2D eigenvalue weighted by molar-refractivity contribution is 0.665. The summed E-state index contributed by atoms with van der Waals surface area (Å²) in [6.07, 6.45) is 25.4. The molecule has 0 heteroatoms. The van der Waals surface area contributed by atoms with Gasteiger partial charge in [0, 0.05) is 0 Å². The van der Waals surface area contributed by atoms with Gasteiger partial charge in [0.15, 0.2) is 0 Å². The first-order chi connectivity index (χ1) is 24.0. The second-order valence-electron chi connectivity index (χ2n) is 13.3. The SMILES string of the molecule is C=Cc1cccc(C)c1.C=Cc1cccc(CCCC)c1.C=Cc1cccc(CCCCCC)c1.CCCCCCc1ccc2c(c1)CC2. The van der Waals surface area contributed by atoms with Crippen LogP contribution < -0.4 is 0 Å². The van der Waals surface area contributed by atoms with E-state index < -0.39 is 0 Å². The normalized spacial score (nSPS) is 10.8. The molecule has 4 aromatic rings. The zero-order chi connectivity index (χ0) is 35.5. The topological polar surface area (TPSA) is 0 Å². The van der Waals surface area contributed by atoms with Crippen LogP contribution in [0.15, 0.2) is 111 Å². The second kappa shape index (κ2) is 26.0. The van der Waals surface area contributed by atoms with Crippen molar-refractivity contribution in [2.45, 2.75) is 124 Å². The smallest absolute Gasteiger partial charge is 0.0235 e. The first-order valence-corrected chi connectivity index (χ1v) is 19.2. The van der Waals surface area contributed by atoms with Crippen molar-refractivity contribution in [1.29, 1.82) is 0 Å². The fourth-order valence-electron chi connectivity index (χ4n) is 5.84. The van der Waals surface area contributed by atoms with Crippen molar-refractivity contribution in [2.75, 3.05) is 0 Å². The maximum atomic E-state index is 3.78. The predicted octanol–water partition coefficient (Wildman–Crippen LogP) is 14.7. The van der Waals surface area contributed by atoms with Crippen LogP contribution in [0.2, 0.25) is 0 Å². The third kappa shape index (κ3) is 17.9. The summed E-state index contributed by atoms with van der Waals surface area (Å²) in [5, 5.41) is 0. The molecule has 1 aliphatic carbocycles. The van der Waals surface area contributed by atoms with E-state index in [1.54, 1.807) is 16.7 Å². The summed E-state index contributed by atoms with van der Waals surface area (Å²) in [5.41, 5.74) is 12.6. The maximum Gasteiger partial charge on any atom is -0.0235 e. The minimum Gasteiger partial charge on any atom is -0.0985 e. The van der Waals surface area contributed by atoms with E-state index in [4.69, 9.17) is 0 Å². The molecular formula is C49H66. The number of hydrogen-bond donors (Lipinski definition) is 0. The largest absolute Gasteiger partial charge is 0.0985 e. The van der Waals surface area contributed by atoms with Gasteiger partial charge in [0.05, 0.1) is 0 Å². The first-order valence-electron chi connectivity index (χ1n) is 19.2. The van der Waals surface area contributed by atoms with Gasteiger partial charge in [0.25, 0.3) is 0 Å². The Bertz CT molecular complexity index is 1490. The standard InChI is InChI=1S/2C14H20.C12H16.C9H10/c1-2-3-4-5-6-12-7-8-13-9-10-14(13)11-12;1-3-5-6-7-9-14-11-8-10-13(4-2)12-14;1-3-5-7-12-9-6-8-11(4-2)10-12;1-3-9-6-4-5-8(2)7-9/h7-8,11H,2-6,9-10H2,1H3;4,8,10-12H,2-3,5-7,9H2,1H3;4,6,8-10H,2-3,5,7H2,1H3;3-7H,1H2,2H3. The van der Waals surface area contributed by atoms with Gasteiger partial charge in [-0.05, 0) is 103 Å². The van der Waals surface area contributed by atoms with Crippen LogP contribution >= 0.6 is 0 Å². The van der Waals surface area contributed by atoms with Gasteiger partial charge >= 0.3 is 0 Å². The van der Waals surface area contributed by atoms with Crippen molar-refractivity contribution in [3.63, 3.8) is 0 Å². The summed E-state index contributed by atoms with van der Waals surface area (Å²) in [4.78, 5) is 0. The van der Waals surface area contributed by atoms with Crippen molar-refractivity contribution in [3.8, 4) is 0 Å². The minimum atomic E-state index is 1.19. The molecule has 49 heavy (non-hydrogen) atoms. The molecular weight excluding hydrogens is 589 g/mol. The molecule has 0 aliphatic heterocycles. The number of fused-ring (bicyclic) bond motifs is 1. The molecule has 0 aromatic heterocycles. The number of unbranched alkanes of at least 4 members (excludes halogenated alkanes) is 7. The van der Waals surface area contributed by atoms with Crippen LogP contribution in [0.4, 0.5) is 0 Å². The highest BCUT2D eigenvalue weighted by Gasteiger charge is 2.12. The van der Waals surface area contributed by atoms with Gasteiger partial charge in [-0.2, -0.15) is 0 Å². The lowest BCUT2D eigenvalue weighted by atomic mass is 9.86. The van der Waals surface area contributed by atoms with Crippen LogP contribution in [-0.2, 0) is 32.1 Å². The van der Waals surface area contributed by atoms with E-state index in [-0.39, 0.29) is 0 Å². The molecule has 0 nitrogen and oxygen atoms in total. The van der Waals surface area contributed by atoms with Crippen molar-refractivity contribution in [2.24, 2.45) is 0 Å². The molecule has 0 saturated carbocycles. The van der Waals surface area contributed by atoms with Gasteiger partial charge in [-0.1, -0.05) is 200 Å². The Hall–Kier alpha value is -3.90. The van der Waals surface area contributed by atoms with Gasteiger partial charge in [0.1, 0.15) is 0 Å². The molecule has 0 unspecified atom stereocenters. The number of benzene rings is 4. The fraction of sp³-hybridized carbons (Fsp3) is 0.388. The first kappa shape index (κ1) is 41.3.